The van der Waals surface area contributed by atoms with Crippen molar-refractivity contribution in [2.75, 3.05) is 26.2 Å². The predicted molar refractivity (Wildman–Crippen MR) is 112 cm³/mol. The summed E-state index contributed by atoms with van der Waals surface area (Å²) in [5.41, 5.74) is 5.57. The number of halogens is 1. The molecule has 1 aliphatic rings. The number of amides is 3. The van der Waals surface area contributed by atoms with E-state index < -0.39 is 35.8 Å². The van der Waals surface area contributed by atoms with Crippen molar-refractivity contribution in [1.29, 1.82) is 0 Å². The molecule has 1 heterocycles. The molecular formula is C22H25FN4O4. The van der Waals surface area contributed by atoms with Crippen LogP contribution in [-0.4, -0.2) is 66.0 Å². The van der Waals surface area contributed by atoms with E-state index in [-0.39, 0.29) is 31.7 Å². The number of nitrogens with one attached hydrogen (secondary N) is 1. The Bertz CT molecular complexity index is 940. The number of para-hydroxylation sites is 1. The van der Waals surface area contributed by atoms with Gasteiger partial charge in [0.2, 0.25) is 0 Å². The molecule has 0 saturated carbocycles. The van der Waals surface area contributed by atoms with E-state index >= 15 is 0 Å². The topological polar surface area (TPSA) is 105 Å². The zero-order valence-electron chi connectivity index (χ0n) is 17.2. The van der Waals surface area contributed by atoms with Crippen molar-refractivity contribution in [2.24, 2.45) is 5.73 Å². The number of hydrogen-bond acceptors (Lipinski definition) is 5. The average molecular weight is 428 g/mol. The summed E-state index contributed by atoms with van der Waals surface area (Å²) in [5, 5.41) is 2.63. The second-order valence-corrected chi connectivity index (χ2v) is 7.07. The molecule has 2 atom stereocenters. The van der Waals surface area contributed by atoms with Crippen LogP contribution in [0.15, 0.2) is 54.6 Å². The Morgan fingerprint density at radius 1 is 1.13 bits per heavy atom. The molecular weight excluding hydrogens is 403 g/mol. The lowest BCUT2D eigenvalue weighted by molar-refractivity contribution is -0.145. The summed E-state index contributed by atoms with van der Waals surface area (Å²) in [6.07, 6.45) is -2.06. The molecule has 2 aromatic carbocycles. The standard InChI is InChI=1S/C22H25FN4O4/c1-15(31-18-8-3-2-4-9-18)21(29)26-12-13-27(20(26)19(28)25-11-10-24)22(30)16-6-5-7-17(23)14-16/h2-9,14-15,20H,10-13,24H2,1H3,(H,25,28). The Hall–Kier alpha value is -3.46. The predicted octanol–water partition coefficient (Wildman–Crippen LogP) is 0.979. The first-order chi connectivity index (χ1) is 14.9. The lowest BCUT2D eigenvalue weighted by Crippen LogP contribution is -2.56. The molecule has 0 bridgehead atoms. The quantitative estimate of drug-likeness (QED) is 0.684. The van der Waals surface area contributed by atoms with E-state index in [0.29, 0.717) is 5.75 Å². The van der Waals surface area contributed by atoms with E-state index in [1.165, 1.54) is 28.0 Å². The molecule has 2 aromatic rings. The normalized spacial score (nSPS) is 16.7. The zero-order chi connectivity index (χ0) is 22.4. The Kier molecular flexibility index (Phi) is 7.19. The highest BCUT2D eigenvalue weighted by Gasteiger charge is 2.44. The maximum Gasteiger partial charge on any atom is 0.265 e. The van der Waals surface area contributed by atoms with Crippen LogP contribution in [0.4, 0.5) is 4.39 Å². The minimum absolute atomic E-state index is 0.0968. The van der Waals surface area contributed by atoms with Gasteiger partial charge in [-0.15, -0.1) is 0 Å². The number of carbonyl (C=O) groups is 3. The summed E-state index contributed by atoms with van der Waals surface area (Å²) in [5.74, 6) is -1.56. The Morgan fingerprint density at radius 3 is 2.52 bits per heavy atom. The van der Waals surface area contributed by atoms with Crippen LogP contribution < -0.4 is 15.8 Å². The number of carbonyl (C=O) groups excluding carboxylic acids is 3. The van der Waals surface area contributed by atoms with Crippen molar-refractivity contribution in [2.45, 2.75) is 19.2 Å². The number of nitrogens with zero attached hydrogens (tertiary/aromatic N) is 2. The van der Waals surface area contributed by atoms with Crippen LogP contribution in [0.25, 0.3) is 0 Å². The number of nitrogens with two attached hydrogens (primary N) is 1. The molecule has 3 N–H and O–H groups in total. The molecule has 0 aromatic heterocycles. The molecule has 1 saturated heterocycles. The van der Waals surface area contributed by atoms with Gasteiger partial charge < -0.3 is 25.6 Å². The fourth-order valence-electron chi connectivity index (χ4n) is 3.42. The van der Waals surface area contributed by atoms with Gasteiger partial charge in [0.05, 0.1) is 0 Å². The van der Waals surface area contributed by atoms with E-state index in [0.717, 1.165) is 6.07 Å². The van der Waals surface area contributed by atoms with Crippen LogP contribution >= 0.6 is 0 Å². The van der Waals surface area contributed by atoms with E-state index in [9.17, 15) is 18.8 Å². The van der Waals surface area contributed by atoms with E-state index in [4.69, 9.17) is 10.5 Å². The molecule has 0 radical (unpaired) electrons. The number of benzene rings is 2. The third kappa shape index (κ3) is 5.18. The first kappa shape index (κ1) is 22.2. The first-order valence-electron chi connectivity index (χ1n) is 9.99. The highest BCUT2D eigenvalue weighted by atomic mass is 19.1. The van der Waals surface area contributed by atoms with Gasteiger partial charge in [-0.2, -0.15) is 0 Å². The molecule has 3 amide bonds. The second-order valence-electron chi connectivity index (χ2n) is 7.07. The van der Waals surface area contributed by atoms with Gasteiger partial charge in [0.15, 0.2) is 12.3 Å². The van der Waals surface area contributed by atoms with E-state index in [1.807, 2.05) is 6.07 Å². The lowest BCUT2D eigenvalue weighted by atomic mass is 10.2. The van der Waals surface area contributed by atoms with Gasteiger partial charge in [0.25, 0.3) is 17.7 Å². The van der Waals surface area contributed by atoms with Gasteiger partial charge in [0, 0.05) is 31.7 Å². The summed E-state index contributed by atoms with van der Waals surface area (Å²) in [4.78, 5) is 41.5. The molecule has 2 unspecified atom stereocenters. The minimum Gasteiger partial charge on any atom is -0.481 e. The van der Waals surface area contributed by atoms with Gasteiger partial charge in [-0.1, -0.05) is 24.3 Å². The summed E-state index contributed by atoms with van der Waals surface area (Å²) < 4.78 is 19.3. The van der Waals surface area contributed by atoms with Crippen molar-refractivity contribution in [3.05, 3.63) is 66.0 Å². The van der Waals surface area contributed by atoms with Gasteiger partial charge in [-0.05, 0) is 37.3 Å². The van der Waals surface area contributed by atoms with E-state index in [2.05, 4.69) is 5.32 Å². The molecule has 0 spiro atoms. The number of ether oxygens (including phenoxy) is 1. The van der Waals surface area contributed by atoms with Gasteiger partial charge in [0.1, 0.15) is 11.6 Å². The van der Waals surface area contributed by atoms with Crippen molar-refractivity contribution < 1.29 is 23.5 Å². The molecule has 1 fully saturated rings. The largest absolute Gasteiger partial charge is 0.481 e. The maximum atomic E-state index is 13.6. The van der Waals surface area contributed by atoms with Crippen LogP contribution in [0.1, 0.15) is 17.3 Å². The van der Waals surface area contributed by atoms with Crippen LogP contribution in [0.2, 0.25) is 0 Å². The fourth-order valence-corrected chi connectivity index (χ4v) is 3.42. The highest BCUT2D eigenvalue weighted by molar-refractivity contribution is 5.99. The third-order valence-electron chi connectivity index (χ3n) is 4.87. The first-order valence-corrected chi connectivity index (χ1v) is 9.99. The second kappa shape index (κ2) is 10.0. The highest BCUT2D eigenvalue weighted by Crippen LogP contribution is 2.21. The third-order valence-corrected chi connectivity index (χ3v) is 4.87. The zero-order valence-corrected chi connectivity index (χ0v) is 17.2. The SMILES string of the molecule is CC(Oc1ccccc1)C(=O)N1CCN(C(=O)c2cccc(F)c2)C1C(=O)NCCN. The number of rotatable bonds is 7. The minimum atomic E-state index is -1.18. The molecule has 0 aliphatic carbocycles. The molecule has 3 rings (SSSR count). The molecule has 9 heteroatoms. The van der Waals surface area contributed by atoms with Crippen molar-refractivity contribution in [3.8, 4) is 5.75 Å². The Morgan fingerprint density at radius 2 is 1.84 bits per heavy atom. The summed E-state index contributed by atoms with van der Waals surface area (Å²) >= 11 is 0. The van der Waals surface area contributed by atoms with Crippen molar-refractivity contribution in [1.82, 2.24) is 15.1 Å². The van der Waals surface area contributed by atoms with Gasteiger partial charge >= 0.3 is 0 Å². The summed E-state index contributed by atoms with van der Waals surface area (Å²) in [7, 11) is 0. The fraction of sp³-hybridized carbons (Fsp3) is 0.318. The van der Waals surface area contributed by atoms with Crippen LogP contribution in [0, 0.1) is 5.82 Å². The van der Waals surface area contributed by atoms with Crippen molar-refractivity contribution >= 4 is 17.7 Å². The Labute approximate surface area is 179 Å². The average Bonchev–Trinajstić information content (AvgIpc) is 3.22. The smallest absolute Gasteiger partial charge is 0.265 e. The Balaban J connectivity index is 1.82. The van der Waals surface area contributed by atoms with Crippen LogP contribution in [0.5, 0.6) is 5.75 Å². The van der Waals surface area contributed by atoms with E-state index in [1.54, 1.807) is 31.2 Å². The molecule has 8 nitrogen and oxygen atoms in total. The summed E-state index contributed by atoms with van der Waals surface area (Å²) in [6.45, 7) is 2.25. The molecule has 164 valence electrons. The lowest BCUT2D eigenvalue weighted by Gasteiger charge is -2.30. The molecule has 1 aliphatic heterocycles. The monoisotopic (exact) mass is 428 g/mol. The summed E-state index contributed by atoms with van der Waals surface area (Å²) in [6, 6.07) is 14.0. The van der Waals surface area contributed by atoms with Gasteiger partial charge in [-0.3, -0.25) is 14.4 Å². The molecule has 31 heavy (non-hydrogen) atoms. The van der Waals surface area contributed by atoms with Crippen molar-refractivity contribution in [3.63, 3.8) is 0 Å². The van der Waals surface area contributed by atoms with Crippen LogP contribution in [0.3, 0.4) is 0 Å². The van der Waals surface area contributed by atoms with Crippen LogP contribution in [-0.2, 0) is 9.59 Å². The number of hydrogen-bond donors (Lipinski definition) is 2. The van der Waals surface area contributed by atoms with Gasteiger partial charge in [-0.25, -0.2) is 4.39 Å². The maximum absolute atomic E-state index is 13.6.